The Kier molecular flexibility index (Phi) is 75.0. The molecule has 0 heterocycles. The molecule has 618 valence electrons. The Balaban J connectivity index is 5.24. The highest BCUT2D eigenvalue weighted by atomic mass is 31.2. The van der Waals surface area contributed by atoms with E-state index in [4.69, 9.17) is 37.0 Å². The van der Waals surface area contributed by atoms with Crippen LogP contribution >= 0.6 is 15.6 Å². The van der Waals surface area contributed by atoms with Gasteiger partial charge < -0.3 is 33.8 Å². The van der Waals surface area contributed by atoms with Crippen LogP contribution in [0.25, 0.3) is 0 Å². The molecule has 0 saturated heterocycles. The third-order valence-electron chi connectivity index (χ3n) is 20.0. The van der Waals surface area contributed by atoms with E-state index >= 15 is 0 Å². The first-order valence-electron chi connectivity index (χ1n) is 44.0. The van der Waals surface area contributed by atoms with Crippen molar-refractivity contribution in [2.24, 2.45) is 11.8 Å². The summed E-state index contributed by atoms with van der Waals surface area (Å²) in [7, 11) is -9.93. The summed E-state index contributed by atoms with van der Waals surface area (Å²) in [5.74, 6) is -0.538. The minimum atomic E-state index is -4.97. The molecule has 19 heteroatoms. The van der Waals surface area contributed by atoms with Crippen LogP contribution in [0.3, 0.4) is 0 Å². The SMILES string of the molecule is CCCCCCCCCCCCCCCCCCCCC(=O)OC[C@H](COP(=O)(O)OC[C@@H](O)COP(=O)(O)OC[C@@H](COC(=O)CCCCCCCCCCCC(C)C)OC(=O)CCCCCCCCCCCCCCC)OC(=O)CCCCCCCCCCCCCCCCCCCCC(C)C. The summed E-state index contributed by atoms with van der Waals surface area (Å²) in [6.45, 7) is 9.68. The molecule has 0 aliphatic rings. The molecule has 0 amide bonds. The molecule has 0 saturated carbocycles. The van der Waals surface area contributed by atoms with Crippen molar-refractivity contribution in [3.05, 3.63) is 0 Å². The Morgan fingerprint density at radius 3 is 0.654 bits per heavy atom. The van der Waals surface area contributed by atoms with Crippen LogP contribution in [-0.2, 0) is 65.4 Å². The van der Waals surface area contributed by atoms with Crippen LogP contribution in [0.2, 0.25) is 0 Å². The first kappa shape index (κ1) is 102. The lowest BCUT2D eigenvalue weighted by molar-refractivity contribution is -0.161. The Bertz CT molecular complexity index is 1990. The number of hydrogen-bond acceptors (Lipinski definition) is 15. The fraction of sp³-hybridized carbons (Fsp3) is 0.953. The van der Waals surface area contributed by atoms with E-state index in [1.54, 1.807) is 0 Å². The molecule has 3 N–H and O–H groups in total. The fourth-order valence-electron chi connectivity index (χ4n) is 13.2. The Hall–Kier alpha value is -1.94. The number of phosphoric ester groups is 2. The van der Waals surface area contributed by atoms with Gasteiger partial charge in [-0.1, -0.05) is 401 Å². The molecule has 17 nitrogen and oxygen atoms in total. The maximum absolute atomic E-state index is 13.1. The van der Waals surface area contributed by atoms with E-state index in [0.717, 1.165) is 102 Å². The Morgan fingerprint density at radius 2 is 0.442 bits per heavy atom. The first-order chi connectivity index (χ1) is 50.4. The topological polar surface area (TPSA) is 237 Å². The summed E-state index contributed by atoms with van der Waals surface area (Å²) >= 11 is 0. The van der Waals surface area contributed by atoms with Crippen LogP contribution in [0.1, 0.15) is 452 Å². The van der Waals surface area contributed by atoms with Gasteiger partial charge in [0.05, 0.1) is 26.4 Å². The van der Waals surface area contributed by atoms with Crippen LogP contribution in [-0.4, -0.2) is 96.7 Å². The third kappa shape index (κ3) is 78.2. The summed E-state index contributed by atoms with van der Waals surface area (Å²) < 4.78 is 68.9. The van der Waals surface area contributed by atoms with Crippen molar-refractivity contribution in [1.29, 1.82) is 0 Å². The molecule has 0 aliphatic heterocycles. The molecule has 0 spiro atoms. The van der Waals surface area contributed by atoms with Crippen LogP contribution in [0.4, 0.5) is 0 Å². The van der Waals surface area contributed by atoms with Gasteiger partial charge >= 0.3 is 39.5 Å². The molecular formula is C85H166O17P2. The average Bonchev–Trinajstić information content (AvgIpc) is 0.908. The number of aliphatic hydroxyl groups excluding tert-OH is 1. The van der Waals surface area contributed by atoms with Gasteiger partial charge in [0.1, 0.15) is 19.3 Å². The lowest BCUT2D eigenvalue weighted by Crippen LogP contribution is -2.30. The number of esters is 4. The molecule has 0 radical (unpaired) electrons. The normalized spacial score (nSPS) is 13.8. The summed E-state index contributed by atoms with van der Waals surface area (Å²) in [6.07, 6.45) is 68.0. The van der Waals surface area contributed by atoms with Gasteiger partial charge in [0.15, 0.2) is 12.2 Å². The predicted octanol–water partition coefficient (Wildman–Crippen LogP) is 25.8. The minimum Gasteiger partial charge on any atom is -0.462 e. The summed E-state index contributed by atoms with van der Waals surface area (Å²) in [5, 5.41) is 10.7. The van der Waals surface area contributed by atoms with E-state index in [1.807, 2.05) is 0 Å². The highest BCUT2D eigenvalue weighted by molar-refractivity contribution is 7.47. The van der Waals surface area contributed by atoms with Gasteiger partial charge in [-0.15, -0.1) is 0 Å². The number of rotatable bonds is 84. The van der Waals surface area contributed by atoms with Gasteiger partial charge in [-0.05, 0) is 37.5 Å². The molecule has 0 rings (SSSR count). The van der Waals surface area contributed by atoms with E-state index in [0.29, 0.717) is 25.7 Å². The highest BCUT2D eigenvalue weighted by Gasteiger charge is 2.30. The van der Waals surface area contributed by atoms with Crippen LogP contribution < -0.4 is 0 Å². The van der Waals surface area contributed by atoms with Crippen molar-refractivity contribution in [3.8, 4) is 0 Å². The number of aliphatic hydroxyl groups is 1. The molecule has 0 bridgehead atoms. The first-order valence-corrected chi connectivity index (χ1v) is 47.0. The average molecular weight is 1520 g/mol. The molecular weight excluding hydrogens is 1350 g/mol. The maximum Gasteiger partial charge on any atom is 0.472 e. The van der Waals surface area contributed by atoms with E-state index in [9.17, 15) is 43.2 Å². The van der Waals surface area contributed by atoms with Gasteiger partial charge in [-0.3, -0.25) is 37.3 Å². The van der Waals surface area contributed by atoms with Crippen molar-refractivity contribution in [3.63, 3.8) is 0 Å². The van der Waals surface area contributed by atoms with Gasteiger partial charge in [0, 0.05) is 25.7 Å². The van der Waals surface area contributed by atoms with Crippen molar-refractivity contribution in [2.45, 2.75) is 471 Å². The second-order valence-corrected chi connectivity index (χ2v) is 34.4. The summed E-state index contributed by atoms with van der Waals surface area (Å²) in [5.41, 5.74) is 0. The van der Waals surface area contributed by atoms with Crippen molar-refractivity contribution < 1.29 is 80.2 Å². The zero-order valence-corrected chi connectivity index (χ0v) is 70.1. The van der Waals surface area contributed by atoms with E-state index in [-0.39, 0.29) is 25.7 Å². The van der Waals surface area contributed by atoms with Crippen LogP contribution in [0.5, 0.6) is 0 Å². The van der Waals surface area contributed by atoms with E-state index in [2.05, 4.69) is 41.5 Å². The van der Waals surface area contributed by atoms with E-state index in [1.165, 1.54) is 270 Å². The largest absolute Gasteiger partial charge is 0.472 e. The predicted molar refractivity (Wildman–Crippen MR) is 428 cm³/mol. The molecule has 5 atom stereocenters. The lowest BCUT2D eigenvalue weighted by Gasteiger charge is -2.21. The number of carbonyl (C=O) groups is 4. The maximum atomic E-state index is 13.1. The minimum absolute atomic E-state index is 0.108. The number of unbranched alkanes of at least 4 members (excludes halogenated alkanes) is 54. The Labute approximate surface area is 638 Å². The third-order valence-corrected chi connectivity index (χ3v) is 21.9. The van der Waals surface area contributed by atoms with E-state index < -0.39 is 97.5 Å². The monoisotopic (exact) mass is 1520 g/mol. The van der Waals surface area contributed by atoms with Crippen molar-refractivity contribution in [1.82, 2.24) is 0 Å². The number of carbonyl (C=O) groups excluding carboxylic acids is 4. The zero-order chi connectivity index (χ0) is 76.4. The van der Waals surface area contributed by atoms with Gasteiger partial charge in [-0.2, -0.15) is 0 Å². The fourth-order valence-corrected chi connectivity index (χ4v) is 14.8. The van der Waals surface area contributed by atoms with Crippen molar-refractivity contribution in [2.75, 3.05) is 39.6 Å². The summed E-state index contributed by atoms with van der Waals surface area (Å²) in [6, 6.07) is 0. The zero-order valence-electron chi connectivity index (χ0n) is 68.3. The second kappa shape index (κ2) is 76.4. The quantitative estimate of drug-likeness (QED) is 0.0222. The standard InChI is InChI=1S/C85H166O17P2/c1-7-9-11-13-15-17-19-21-22-23-27-30-34-37-43-49-55-61-67-82(87)95-73-80(101-85(90)70-64-58-52-45-39-35-31-28-25-24-26-29-33-36-41-47-53-59-65-77(3)4)75-99-103(91,92)97-71-79(86)72-98-104(93,94)100-76-81(74-96-83(88)68-62-56-50-46-40-42-48-54-60-66-78(5)6)102-84(89)69-63-57-51-44-38-32-20-18-16-14-12-10-8-2/h77-81,86H,7-76H2,1-6H3,(H,91,92)(H,93,94)/t79-,80-,81-/m1/s1. The molecule has 0 aromatic heterocycles. The smallest absolute Gasteiger partial charge is 0.462 e. The molecule has 0 fully saturated rings. The molecule has 0 aliphatic carbocycles. The molecule has 2 unspecified atom stereocenters. The van der Waals surface area contributed by atoms with Crippen molar-refractivity contribution >= 4 is 39.5 Å². The molecule has 0 aromatic rings. The number of phosphoric acid groups is 2. The van der Waals surface area contributed by atoms with Gasteiger partial charge in [0.25, 0.3) is 0 Å². The molecule has 0 aromatic carbocycles. The van der Waals surface area contributed by atoms with Crippen LogP contribution in [0, 0.1) is 11.8 Å². The lowest BCUT2D eigenvalue weighted by atomic mass is 10.0. The van der Waals surface area contributed by atoms with Gasteiger partial charge in [-0.25, -0.2) is 9.13 Å². The molecule has 104 heavy (non-hydrogen) atoms. The number of ether oxygens (including phenoxy) is 4. The Morgan fingerprint density at radius 1 is 0.260 bits per heavy atom. The van der Waals surface area contributed by atoms with Crippen LogP contribution in [0.15, 0.2) is 0 Å². The number of hydrogen-bond donors (Lipinski definition) is 3. The van der Waals surface area contributed by atoms with Gasteiger partial charge in [0.2, 0.25) is 0 Å². The second-order valence-electron chi connectivity index (χ2n) is 31.5. The highest BCUT2D eigenvalue weighted by Crippen LogP contribution is 2.45. The summed E-state index contributed by atoms with van der Waals surface area (Å²) in [4.78, 5) is 73.2.